The Morgan fingerprint density at radius 2 is 2.13 bits per heavy atom. The van der Waals surface area contributed by atoms with E-state index in [0.717, 1.165) is 11.1 Å². The number of hydrogen-bond donors (Lipinski definition) is 1. The summed E-state index contributed by atoms with van der Waals surface area (Å²) >= 11 is 5.46. The number of nitrogens with two attached hydrogens (primary N) is 1. The standard InChI is InChI=1S/C22H22ClN5O3/c1-22(12-20(30)28(2)21(24)27-22)16-7-5-6-15(10-16)11-18(29)17-13-26-19(14-25-17)31-9-4-3-8-23/h5-7,10,13-14H,8-9,11-12H2,1-2H3,(H2,24,27). The summed E-state index contributed by atoms with van der Waals surface area (Å²) in [6, 6.07) is 7.42. The normalized spacial score (nSPS) is 18.1. The predicted octanol–water partition coefficient (Wildman–Crippen LogP) is 1.91. The molecule has 1 aliphatic heterocycles. The zero-order chi connectivity index (χ0) is 22.4. The minimum Gasteiger partial charge on any atom is -0.463 e. The van der Waals surface area contributed by atoms with E-state index in [2.05, 4.69) is 26.8 Å². The number of alkyl halides is 1. The summed E-state index contributed by atoms with van der Waals surface area (Å²) in [6.45, 7) is 2.00. The van der Waals surface area contributed by atoms with Crippen molar-refractivity contribution in [3.63, 3.8) is 0 Å². The maximum Gasteiger partial charge on any atom is 0.233 e. The van der Waals surface area contributed by atoms with Crippen molar-refractivity contribution in [1.29, 1.82) is 0 Å². The zero-order valence-corrected chi connectivity index (χ0v) is 18.0. The number of rotatable bonds is 6. The maximum absolute atomic E-state index is 12.7. The second kappa shape index (κ2) is 9.58. The first kappa shape index (κ1) is 22.2. The fourth-order valence-corrected chi connectivity index (χ4v) is 3.20. The Morgan fingerprint density at radius 1 is 1.32 bits per heavy atom. The summed E-state index contributed by atoms with van der Waals surface area (Å²) in [4.78, 5) is 38.9. The Balaban J connectivity index is 1.71. The summed E-state index contributed by atoms with van der Waals surface area (Å²) in [7, 11) is 1.60. The van der Waals surface area contributed by atoms with E-state index in [-0.39, 0.29) is 54.6 Å². The van der Waals surface area contributed by atoms with Crippen LogP contribution >= 0.6 is 11.6 Å². The molecule has 0 spiro atoms. The molecule has 1 aromatic carbocycles. The molecule has 8 nitrogen and oxygen atoms in total. The number of carbonyl (C=O) groups excluding carboxylic acids is 2. The van der Waals surface area contributed by atoms with Gasteiger partial charge in [-0.25, -0.2) is 15.0 Å². The van der Waals surface area contributed by atoms with Crippen LogP contribution in [0.1, 0.15) is 35.0 Å². The summed E-state index contributed by atoms with van der Waals surface area (Å²) < 4.78 is 5.31. The van der Waals surface area contributed by atoms with Gasteiger partial charge in [-0.1, -0.05) is 36.1 Å². The molecule has 1 aromatic heterocycles. The van der Waals surface area contributed by atoms with Crippen LogP contribution in [0.2, 0.25) is 0 Å². The first-order valence-electron chi connectivity index (χ1n) is 9.53. The highest BCUT2D eigenvalue weighted by atomic mass is 35.5. The fraction of sp³-hybridized carbons (Fsp3) is 0.318. The van der Waals surface area contributed by atoms with Gasteiger partial charge in [0.15, 0.2) is 18.3 Å². The first-order chi connectivity index (χ1) is 14.8. The van der Waals surface area contributed by atoms with E-state index in [4.69, 9.17) is 22.1 Å². The van der Waals surface area contributed by atoms with Gasteiger partial charge in [-0.15, -0.1) is 11.6 Å². The van der Waals surface area contributed by atoms with Crippen molar-refractivity contribution in [1.82, 2.24) is 14.9 Å². The summed E-state index contributed by atoms with van der Waals surface area (Å²) in [5.41, 5.74) is 6.94. The van der Waals surface area contributed by atoms with Gasteiger partial charge in [-0.2, -0.15) is 0 Å². The number of guanidine groups is 1. The van der Waals surface area contributed by atoms with Gasteiger partial charge in [0.1, 0.15) is 5.69 Å². The topological polar surface area (TPSA) is 111 Å². The van der Waals surface area contributed by atoms with Crippen molar-refractivity contribution in [3.05, 3.63) is 53.5 Å². The van der Waals surface area contributed by atoms with Crippen LogP contribution in [0.5, 0.6) is 5.88 Å². The van der Waals surface area contributed by atoms with Crippen LogP contribution in [0.3, 0.4) is 0 Å². The molecular formula is C22H22ClN5O3. The molecule has 160 valence electrons. The van der Waals surface area contributed by atoms with Gasteiger partial charge in [0.2, 0.25) is 11.8 Å². The van der Waals surface area contributed by atoms with Gasteiger partial charge in [0.05, 0.1) is 30.2 Å². The molecule has 2 N–H and O–H groups in total. The molecule has 1 amide bonds. The van der Waals surface area contributed by atoms with Gasteiger partial charge in [-0.3, -0.25) is 14.5 Å². The van der Waals surface area contributed by atoms with Crippen LogP contribution in [0.4, 0.5) is 0 Å². The minimum atomic E-state index is -0.780. The van der Waals surface area contributed by atoms with Crippen LogP contribution in [0.15, 0.2) is 41.7 Å². The third-order valence-corrected chi connectivity index (χ3v) is 5.02. The number of Topliss-reactive ketones (excluding diaryl/α,β-unsaturated/α-hetero) is 1. The van der Waals surface area contributed by atoms with E-state index in [1.165, 1.54) is 17.3 Å². The highest BCUT2D eigenvalue weighted by Gasteiger charge is 2.36. The Hall–Kier alpha value is -3.44. The third kappa shape index (κ3) is 5.38. The van der Waals surface area contributed by atoms with Crippen LogP contribution in [-0.2, 0) is 16.8 Å². The number of carbonyl (C=O) groups is 2. The molecule has 0 fully saturated rings. The number of nitrogens with zero attached hydrogens (tertiary/aromatic N) is 4. The van der Waals surface area contributed by atoms with Crippen LogP contribution in [0, 0.1) is 11.8 Å². The molecule has 0 saturated carbocycles. The molecule has 2 aromatic rings. The van der Waals surface area contributed by atoms with Crippen molar-refractivity contribution in [3.8, 4) is 17.7 Å². The predicted molar refractivity (Wildman–Crippen MR) is 117 cm³/mol. The molecule has 9 heteroatoms. The van der Waals surface area contributed by atoms with Crippen molar-refractivity contribution in [2.75, 3.05) is 19.5 Å². The Kier molecular flexibility index (Phi) is 6.88. The molecule has 0 bridgehead atoms. The van der Waals surface area contributed by atoms with Gasteiger partial charge >= 0.3 is 0 Å². The third-order valence-electron chi connectivity index (χ3n) is 4.89. The van der Waals surface area contributed by atoms with Gasteiger partial charge in [0.25, 0.3) is 0 Å². The van der Waals surface area contributed by atoms with Gasteiger partial charge < -0.3 is 10.5 Å². The monoisotopic (exact) mass is 439 g/mol. The number of halogens is 1. The number of hydrogen-bond acceptors (Lipinski definition) is 7. The van der Waals surface area contributed by atoms with Crippen molar-refractivity contribution < 1.29 is 14.3 Å². The van der Waals surface area contributed by atoms with E-state index in [1.54, 1.807) is 7.05 Å². The van der Waals surface area contributed by atoms with E-state index in [0.29, 0.717) is 0 Å². The SMILES string of the molecule is CN1C(=O)CC(C)(c2cccc(CC(=O)c3cnc(OCC#CCCl)cn3)c2)N=C1N. The number of aliphatic imine (C=N–C) groups is 1. The smallest absolute Gasteiger partial charge is 0.233 e. The molecule has 31 heavy (non-hydrogen) atoms. The van der Waals surface area contributed by atoms with Crippen LogP contribution < -0.4 is 10.5 Å². The second-order valence-corrected chi connectivity index (χ2v) is 7.46. The minimum absolute atomic E-state index is 0.109. The highest BCUT2D eigenvalue weighted by Crippen LogP contribution is 2.33. The first-order valence-corrected chi connectivity index (χ1v) is 10.1. The summed E-state index contributed by atoms with van der Waals surface area (Å²) in [5, 5.41) is 0. The maximum atomic E-state index is 12.7. The van der Waals surface area contributed by atoms with Gasteiger partial charge in [-0.05, 0) is 18.1 Å². The Morgan fingerprint density at radius 3 is 2.81 bits per heavy atom. The number of ketones is 1. The molecule has 1 atom stereocenters. The lowest BCUT2D eigenvalue weighted by Gasteiger charge is -2.33. The second-order valence-electron chi connectivity index (χ2n) is 7.19. The van der Waals surface area contributed by atoms with Crippen LogP contribution in [0.25, 0.3) is 0 Å². The van der Waals surface area contributed by atoms with E-state index < -0.39 is 5.54 Å². The molecule has 1 unspecified atom stereocenters. The quantitative estimate of drug-likeness (QED) is 0.418. The largest absolute Gasteiger partial charge is 0.463 e. The molecule has 0 saturated heterocycles. The molecule has 0 aliphatic carbocycles. The Labute approximate surface area is 185 Å². The molecule has 3 rings (SSSR count). The lowest BCUT2D eigenvalue weighted by molar-refractivity contribution is -0.128. The van der Waals surface area contributed by atoms with Crippen molar-refractivity contribution >= 4 is 29.3 Å². The van der Waals surface area contributed by atoms with Gasteiger partial charge in [0, 0.05) is 13.5 Å². The number of amides is 1. The fourth-order valence-electron chi connectivity index (χ4n) is 3.11. The van der Waals surface area contributed by atoms with Crippen LogP contribution in [-0.4, -0.2) is 52.1 Å². The summed E-state index contributed by atoms with van der Waals surface area (Å²) in [5.74, 6) is 5.77. The molecule has 0 radical (unpaired) electrons. The average Bonchev–Trinajstić information content (AvgIpc) is 2.75. The van der Waals surface area contributed by atoms with E-state index in [9.17, 15) is 9.59 Å². The molecule has 2 heterocycles. The van der Waals surface area contributed by atoms with Crippen molar-refractivity contribution in [2.45, 2.75) is 25.3 Å². The lowest BCUT2D eigenvalue weighted by Crippen LogP contribution is -2.47. The number of aromatic nitrogens is 2. The highest BCUT2D eigenvalue weighted by molar-refractivity contribution is 6.19. The summed E-state index contributed by atoms with van der Waals surface area (Å²) in [6.07, 6.45) is 3.09. The average molecular weight is 440 g/mol. The number of ether oxygens (including phenoxy) is 1. The molecule has 1 aliphatic rings. The number of benzene rings is 1. The van der Waals surface area contributed by atoms with Crippen molar-refractivity contribution in [2.24, 2.45) is 10.7 Å². The lowest BCUT2D eigenvalue weighted by atomic mass is 9.86. The molecular weight excluding hydrogens is 418 g/mol. The van der Waals surface area contributed by atoms with E-state index in [1.807, 2.05) is 31.2 Å². The van der Waals surface area contributed by atoms with E-state index >= 15 is 0 Å². The zero-order valence-electron chi connectivity index (χ0n) is 17.3. The Bertz CT molecular complexity index is 1070.